The summed E-state index contributed by atoms with van der Waals surface area (Å²) >= 11 is 0. The molecule has 0 aromatic carbocycles. The predicted octanol–water partition coefficient (Wildman–Crippen LogP) is 2.58. The highest BCUT2D eigenvalue weighted by Crippen LogP contribution is 2.19. The molecule has 0 aliphatic carbocycles. The van der Waals surface area contributed by atoms with Gasteiger partial charge in [-0.2, -0.15) is 5.10 Å². The summed E-state index contributed by atoms with van der Waals surface area (Å²) in [5.41, 5.74) is 0.582. The van der Waals surface area contributed by atoms with Crippen molar-refractivity contribution < 1.29 is 9.53 Å². The van der Waals surface area contributed by atoms with E-state index >= 15 is 0 Å². The number of hydrogen-bond donors (Lipinski definition) is 0. The van der Waals surface area contributed by atoms with Gasteiger partial charge in [0.15, 0.2) is 11.5 Å². The molecular weight excluding hydrogens is 204 g/mol. The SMILES string of the molecule is CCCCCCC(=O)c1c(OC)cnn1C. The van der Waals surface area contributed by atoms with Crippen molar-refractivity contribution in [3.05, 3.63) is 11.9 Å². The molecule has 0 radical (unpaired) electrons. The maximum Gasteiger partial charge on any atom is 0.184 e. The van der Waals surface area contributed by atoms with E-state index in [1.165, 1.54) is 12.8 Å². The van der Waals surface area contributed by atoms with E-state index in [1.54, 1.807) is 25.0 Å². The summed E-state index contributed by atoms with van der Waals surface area (Å²) in [7, 11) is 3.33. The first-order valence-electron chi connectivity index (χ1n) is 5.79. The Bertz CT molecular complexity index is 345. The van der Waals surface area contributed by atoms with Crippen molar-refractivity contribution in [3.63, 3.8) is 0 Å². The van der Waals surface area contributed by atoms with Crippen LogP contribution < -0.4 is 4.74 Å². The Morgan fingerprint density at radius 2 is 2.19 bits per heavy atom. The van der Waals surface area contributed by atoms with Gasteiger partial charge in [0.25, 0.3) is 0 Å². The van der Waals surface area contributed by atoms with Gasteiger partial charge in [0, 0.05) is 13.5 Å². The average molecular weight is 224 g/mol. The van der Waals surface area contributed by atoms with E-state index in [0.717, 1.165) is 12.8 Å². The molecule has 0 saturated carbocycles. The second-order valence-electron chi connectivity index (χ2n) is 3.92. The molecule has 0 atom stereocenters. The number of aryl methyl sites for hydroxylation is 1. The van der Waals surface area contributed by atoms with Crippen LogP contribution in [-0.4, -0.2) is 22.7 Å². The molecule has 1 heterocycles. The molecule has 0 bridgehead atoms. The van der Waals surface area contributed by atoms with Crippen molar-refractivity contribution in [2.45, 2.75) is 39.0 Å². The number of Topliss-reactive ketones (excluding diaryl/α,β-unsaturated/α-hetero) is 1. The molecule has 0 N–H and O–H groups in total. The van der Waals surface area contributed by atoms with Gasteiger partial charge in [-0.05, 0) is 6.42 Å². The molecule has 90 valence electrons. The smallest absolute Gasteiger partial charge is 0.184 e. The quantitative estimate of drug-likeness (QED) is 0.528. The monoisotopic (exact) mass is 224 g/mol. The molecule has 1 aromatic heterocycles. The average Bonchev–Trinajstić information content (AvgIpc) is 2.65. The van der Waals surface area contributed by atoms with Crippen molar-refractivity contribution in [2.75, 3.05) is 7.11 Å². The number of aromatic nitrogens is 2. The number of carbonyl (C=O) groups excluding carboxylic acids is 1. The lowest BCUT2D eigenvalue weighted by Crippen LogP contribution is -2.08. The number of rotatable bonds is 7. The van der Waals surface area contributed by atoms with Crippen LogP contribution in [0, 0.1) is 0 Å². The zero-order valence-electron chi connectivity index (χ0n) is 10.3. The molecule has 1 aromatic rings. The van der Waals surface area contributed by atoms with Gasteiger partial charge in [0.1, 0.15) is 5.69 Å². The van der Waals surface area contributed by atoms with Crippen molar-refractivity contribution in [1.29, 1.82) is 0 Å². The van der Waals surface area contributed by atoms with Gasteiger partial charge in [-0.25, -0.2) is 0 Å². The Labute approximate surface area is 96.6 Å². The van der Waals surface area contributed by atoms with E-state index in [-0.39, 0.29) is 5.78 Å². The summed E-state index contributed by atoms with van der Waals surface area (Å²) in [6, 6.07) is 0. The van der Waals surface area contributed by atoms with Crippen LogP contribution in [0.1, 0.15) is 49.5 Å². The topological polar surface area (TPSA) is 44.1 Å². The fraction of sp³-hybridized carbons (Fsp3) is 0.667. The van der Waals surface area contributed by atoms with Crippen LogP contribution in [0.25, 0.3) is 0 Å². The van der Waals surface area contributed by atoms with Crippen LogP contribution in [0.3, 0.4) is 0 Å². The molecule has 0 aliphatic rings. The first-order chi connectivity index (χ1) is 7.70. The van der Waals surface area contributed by atoms with Gasteiger partial charge in [-0.3, -0.25) is 9.48 Å². The lowest BCUT2D eigenvalue weighted by atomic mass is 10.1. The molecule has 0 aliphatic heterocycles. The summed E-state index contributed by atoms with van der Waals surface area (Å²) in [4.78, 5) is 11.9. The Morgan fingerprint density at radius 3 is 2.81 bits per heavy atom. The summed E-state index contributed by atoms with van der Waals surface area (Å²) in [5, 5.41) is 4.02. The number of methoxy groups -OCH3 is 1. The molecule has 4 heteroatoms. The maximum atomic E-state index is 11.9. The van der Waals surface area contributed by atoms with Gasteiger partial charge in [0.05, 0.1) is 13.3 Å². The molecule has 0 unspecified atom stereocenters. The van der Waals surface area contributed by atoms with Crippen molar-refractivity contribution >= 4 is 5.78 Å². The Kier molecular flexibility index (Phi) is 5.02. The minimum atomic E-state index is 0.118. The first kappa shape index (κ1) is 12.7. The van der Waals surface area contributed by atoms with E-state index in [9.17, 15) is 4.79 Å². The molecule has 0 amide bonds. The molecule has 0 saturated heterocycles. The van der Waals surface area contributed by atoms with Gasteiger partial charge < -0.3 is 4.74 Å². The third-order valence-electron chi connectivity index (χ3n) is 2.65. The number of unbranched alkanes of at least 4 members (excludes halogenated alkanes) is 3. The molecule has 16 heavy (non-hydrogen) atoms. The third-order valence-corrected chi connectivity index (χ3v) is 2.65. The zero-order chi connectivity index (χ0) is 12.0. The fourth-order valence-electron chi connectivity index (χ4n) is 1.72. The zero-order valence-corrected chi connectivity index (χ0v) is 10.3. The Morgan fingerprint density at radius 1 is 1.44 bits per heavy atom. The van der Waals surface area contributed by atoms with Crippen LogP contribution in [-0.2, 0) is 7.05 Å². The lowest BCUT2D eigenvalue weighted by molar-refractivity contribution is 0.0967. The van der Waals surface area contributed by atoms with Gasteiger partial charge in [-0.15, -0.1) is 0 Å². The maximum absolute atomic E-state index is 11.9. The molecule has 0 spiro atoms. The second-order valence-corrected chi connectivity index (χ2v) is 3.92. The summed E-state index contributed by atoms with van der Waals surface area (Å²) in [6.45, 7) is 2.16. The number of hydrogen-bond acceptors (Lipinski definition) is 3. The standard InChI is InChI=1S/C12H20N2O2/c1-4-5-6-7-8-10(15)12-11(16-3)9-13-14(12)2/h9H,4-8H2,1-3H3. The lowest BCUT2D eigenvalue weighted by Gasteiger charge is -2.04. The van der Waals surface area contributed by atoms with Gasteiger partial charge in [-0.1, -0.05) is 26.2 Å². The number of nitrogens with zero attached hydrogens (tertiary/aromatic N) is 2. The van der Waals surface area contributed by atoms with Gasteiger partial charge >= 0.3 is 0 Å². The van der Waals surface area contributed by atoms with Crippen LogP contribution >= 0.6 is 0 Å². The normalized spacial score (nSPS) is 10.4. The predicted molar refractivity (Wildman–Crippen MR) is 62.8 cm³/mol. The van der Waals surface area contributed by atoms with E-state index in [0.29, 0.717) is 17.9 Å². The van der Waals surface area contributed by atoms with E-state index in [2.05, 4.69) is 12.0 Å². The van der Waals surface area contributed by atoms with Crippen LogP contribution in [0.15, 0.2) is 6.20 Å². The first-order valence-corrected chi connectivity index (χ1v) is 5.79. The molecule has 0 fully saturated rings. The summed E-state index contributed by atoms with van der Waals surface area (Å²) in [6.07, 6.45) is 6.59. The molecule has 1 rings (SSSR count). The molecule has 4 nitrogen and oxygen atoms in total. The minimum Gasteiger partial charge on any atom is -0.493 e. The highest BCUT2D eigenvalue weighted by molar-refractivity contribution is 5.96. The summed E-state index contributed by atoms with van der Waals surface area (Å²) < 4.78 is 6.69. The number of ketones is 1. The second kappa shape index (κ2) is 6.30. The van der Waals surface area contributed by atoms with E-state index < -0.39 is 0 Å². The van der Waals surface area contributed by atoms with E-state index in [1.807, 2.05) is 0 Å². The van der Waals surface area contributed by atoms with Crippen molar-refractivity contribution in [2.24, 2.45) is 7.05 Å². The Balaban J connectivity index is 2.55. The van der Waals surface area contributed by atoms with Crippen LogP contribution in [0.5, 0.6) is 5.75 Å². The minimum absolute atomic E-state index is 0.118. The van der Waals surface area contributed by atoms with Gasteiger partial charge in [0.2, 0.25) is 0 Å². The largest absolute Gasteiger partial charge is 0.493 e. The van der Waals surface area contributed by atoms with E-state index in [4.69, 9.17) is 4.74 Å². The fourth-order valence-corrected chi connectivity index (χ4v) is 1.72. The van der Waals surface area contributed by atoms with Crippen LogP contribution in [0.2, 0.25) is 0 Å². The van der Waals surface area contributed by atoms with Crippen molar-refractivity contribution in [1.82, 2.24) is 9.78 Å². The van der Waals surface area contributed by atoms with Crippen molar-refractivity contribution in [3.8, 4) is 5.75 Å². The highest BCUT2D eigenvalue weighted by atomic mass is 16.5. The third kappa shape index (κ3) is 3.08. The molecular formula is C12H20N2O2. The number of ether oxygens (including phenoxy) is 1. The highest BCUT2D eigenvalue weighted by Gasteiger charge is 2.16. The summed E-state index contributed by atoms with van der Waals surface area (Å²) in [5.74, 6) is 0.691. The van der Waals surface area contributed by atoms with Crippen LogP contribution in [0.4, 0.5) is 0 Å². The number of carbonyl (C=O) groups is 1. The Hall–Kier alpha value is -1.32.